The van der Waals surface area contributed by atoms with Crippen molar-refractivity contribution in [2.24, 2.45) is 0 Å². The highest BCUT2D eigenvalue weighted by atomic mass is 32.2. The molecule has 0 radical (unpaired) electrons. The number of thioether (sulfide) groups is 1. The van der Waals surface area contributed by atoms with E-state index in [1.54, 1.807) is 42.9 Å². The van der Waals surface area contributed by atoms with Gasteiger partial charge in [0.15, 0.2) is 11.0 Å². The highest BCUT2D eigenvalue weighted by Crippen LogP contribution is 2.25. The number of amides is 2. The van der Waals surface area contributed by atoms with Crippen LogP contribution in [0.1, 0.15) is 19.6 Å². The number of carbonyl (C=O) groups is 2. The summed E-state index contributed by atoms with van der Waals surface area (Å²) in [6, 6.07) is 8.92. The Hall–Kier alpha value is -3.14. The van der Waals surface area contributed by atoms with Crippen LogP contribution in [0.5, 0.6) is 0 Å². The molecule has 0 aliphatic heterocycles. The molecular formula is C17H18N6O3S. The SMILES string of the molecule is CC(=O)Nc1cccc(-n2cnnc2S[C@H](C)C(=O)Nc2cc(C)on2)c1. The zero-order chi connectivity index (χ0) is 19.4. The second-order valence-electron chi connectivity index (χ2n) is 5.79. The van der Waals surface area contributed by atoms with Gasteiger partial charge in [-0.1, -0.05) is 23.0 Å². The number of nitrogens with zero attached hydrogens (tertiary/aromatic N) is 4. The summed E-state index contributed by atoms with van der Waals surface area (Å²) in [7, 11) is 0. The summed E-state index contributed by atoms with van der Waals surface area (Å²) >= 11 is 1.26. The van der Waals surface area contributed by atoms with Gasteiger partial charge in [-0.25, -0.2) is 0 Å². The van der Waals surface area contributed by atoms with Crippen LogP contribution in [0.25, 0.3) is 5.69 Å². The van der Waals surface area contributed by atoms with Gasteiger partial charge in [0.25, 0.3) is 0 Å². The van der Waals surface area contributed by atoms with Gasteiger partial charge in [-0.3, -0.25) is 14.2 Å². The smallest absolute Gasteiger partial charge is 0.238 e. The molecule has 2 heterocycles. The van der Waals surface area contributed by atoms with Crippen molar-refractivity contribution >= 4 is 35.1 Å². The summed E-state index contributed by atoms with van der Waals surface area (Å²) in [5.41, 5.74) is 1.44. The van der Waals surface area contributed by atoms with Crippen molar-refractivity contribution in [1.29, 1.82) is 0 Å². The monoisotopic (exact) mass is 386 g/mol. The Morgan fingerprint density at radius 2 is 2.07 bits per heavy atom. The average Bonchev–Trinajstić information content (AvgIpc) is 3.23. The molecule has 0 spiro atoms. The molecule has 0 unspecified atom stereocenters. The molecule has 0 aliphatic rings. The van der Waals surface area contributed by atoms with Crippen LogP contribution in [0.4, 0.5) is 11.5 Å². The Morgan fingerprint density at radius 3 is 2.78 bits per heavy atom. The topological polar surface area (TPSA) is 115 Å². The van der Waals surface area contributed by atoms with E-state index in [9.17, 15) is 9.59 Å². The van der Waals surface area contributed by atoms with Crippen molar-refractivity contribution in [2.75, 3.05) is 10.6 Å². The van der Waals surface area contributed by atoms with Crippen LogP contribution in [0.15, 0.2) is 46.3 Å². The number of benzene rings is 1. The minimum atomic E-state index is -0.441. The lowest BCUT2D eigenvalue weighted by Crippen LogP contribution is -2.23. The second kappa shape index (κ2) is 8.04. The first-order valence-electron chi connectivity index (χ1n) is 8.11. The molecule has 10 heteroatoms. The minimum Gasteiger partial charge on any atom is -0.360 e. The first-order valence-corrected chi connectivity index (χ1v) is 8.99. The summed E-state index contributed by atoms with van der Waals surface area (Å²) in [6.45, 7) is 4.96. The highest BCUT2D eigenvalue weighted by molar-refractivity contribution is 8.00. The largest absolute Gasteiger partial charge is 0.360 e. The number of nitrogens with one attached hydrogen (secondary N) is 2. The van der Waals surface area contributed by atoms with Crippen LogP contribution in [-0.4, -0.2) is 37.0 Å². The average molecular weight is 386 g/mol. The summed E-state index contributed by atoms with van der Waals surface area (Å²) in [5.74, 6) is 0.604. The maximum atomic E-state index is 12.4. The van der Waals surface area contributed by atoms with E-state index in [1.165, 1.54) is 18.7 Å². The number of hydrogen-bond acceptors (Lipinski definition) is 7. The van der Waals surface area contributed by atoms with Crippen LogP contribution in [0.2, 0.25) is 0 Å². The molecule has 0 bridgehead atoms. The number of aromatic nitrogens is 4. The van der Waals surface area contributed by atoms with Crippen molar-refractivity contribution in [3.63, 3.8) is 0 Å². The number of anilines is 2. The van der Waals surface area contributed by atoms with Crippen LogP contribution in [0.3, 0.4) is 0 Å². The van der Waals surface area contributed by atoms with E-state index in [4.69, 9.17) is 4.52 Å². The molecule has 2 aromatic heterocycles. The standard InChI is InChI=1S/C17H18N6O3S/c1-10-7-15(22-26-10)20-16(25)11(2)27-17-21-18-9-23(17)14-6-4-5-13(8-14)19-12(3)24/h4-9,11H,1-3H3,(H,19,24)(H,20,22,25)/t11-/m1/s1. The number of aryl methyl sites for hydroxylation is 1. The van der Waals surface area contributed by atoms with Crippen LogP contribution < -0.4 is 10.6 Å². The van der Waals surface area contributed by atoms with Gasteiger partial charge < -0.3 is 15.2 Å². The van der Waals surface area contributed by atoms with E-state index in [0.29, 0.717) is 22.4 Å². The number of carbonyl (C=O) groups excluding carboxylic acids is 2. The predicted octanol–water partition coefficient (Wildman–Crippen LogP) is 2.64. The fraction of sp³-hybridized carbons (Fsp3) is 0.235. The molecule has 1 aromatic carbocycles. The molecule has 9 nitrogen and oxygen atoms in total. The number of rotatable bonds is 6. The normalized spacial score (nSPS) is 11.8. The third-order valence-electron chi connectivity index (χ3n) is 3.49. The quantitative estimate of drug-likeness (QED) is 0.626. The van der Waals surface area contributed by atoms with E-state index < -0.39 is 5.25 Å². The van der Waals surface area contributed by atoms with E-state index in [0.717, 1.165) is 5.69 Å². The van der Waals surface area contributed by atoms with Crippen molar-refractivity contribution < 1.29 is 14.1 Å². The predicted molar refractivity (Wildman–Crippen MR) is 101 cm³/mol. The summed E-state index contributed by atoms with van der Waals surface area (Å²) in [6.07, 6.45) is 1.56. The molecule has 3 aromatic rings. The lowest BCUT2D eigenvalue weighted by molar-refractivity contribution is -0.115. The molecule has 0 fully saturated rings. The molecule has 0 saturated carbocycles. The van der Waals surface area contributed by atoms with Gasteiger partial charge in [0.2, 0.25) is 11.8 Å². The fourth-order valence-electron chi connectivity index (χ4n) is 2.28. The van der Waals surface area contributed by atoms with Crippen molar-refractivity contribution in [1.82, 2.24) is 19.9 Å². The van der Waals surface area contributed by atoms with E-state index in [2.05, 4.69) is 26.0 Å². The van der Waals surface area contributed by atoms with Gasteiger partial charge in [0.05, 0.1) is 10.9 Å². The van der Waals surface area contributed by atoms with E-state index in [1.807, 2.05) is 12.1 Å². The first-order chi connectivity index (χ1) is 12.9. The Kier molecular flexibility index (Phi) is 5.55. The van der Waals surface area contributed by atoms with Crippen molar-refractivity contribution in [3.8, 4) is 5.69 Å². The molecule has 27 heavy (non-hydrogen) atoms. The molecule has 1 atom stereocenters. The van der Waals surface area contributed by atoms with Crippen molar-refractivity contribution in [3.05, 3.63) is 42.4 Å². The fourth-order valence-corrected chi connectivity index (χ4v) is 3.13. The maximum absolute atomic E-state index is 12.4. The van der Waals surface area contributed by atoms with Crippen LogP contribution in [0, 0.1) is 6.92 Å². The molecule has 0 aliphatic carbocycles. The molecule has 0 saturated heterocycles. The second-order valence-corrected chi connectivity index (χ2v) is 7.10. The summed E-state index contributed by atoms with van der Waals surface area (Å²) < 4.78 is 6.69. The van der Waals surface area contributed by atoms with Gasteiger partial charge in [-0.2, -0.15) is 0 Å². The van der Waals surface area contributed by atoms with Crippen LogP contribution >= 0.6 is 11.8 Å². The lowest BCUT2D eigenvalue weighted by Gasteiger charge is -2.12. The zero-order valence-electron chi connectivity index (χ0n) is 15.0. The van der Waals surface area contributed by atoms with E-state index >= 15 is 0 Å². The molecule has 140 valence electrons. The molecular weight excluding hydrogens is 368 g/mol. The third-order valence-corrected chi connectivity index (χ3v) is 4.55. The highest BCUT2D eigenvalue weighted by Gasteiger charge is 2.19. The molecule has 2 N–H and O–H groups in total. The van der Waals surface area contributed by atoms with E-state index in [-0.39, 0.29) is 11.8 Å². The molecule has 2 amide bonds. The lowest BCUT2D eigenvalue weighted by atomic mass is 10.2. The van der Waals surface area contributed by atoms with Gasteiger partial charge in [-0.05, 0) is 32.0 Å². The zero-order valence-corrected chi connectivity index (χ0v) is 15.8. The maximum Gasteiger partial charge on any atom is 0.238 e. The Bertz CT molecular complexity index is 967. The van der Waals surface area contributed by atoms with Crippen molar-refractivity contribution in [2.45, 2.75) is 31.2 Å². The first kappa shape index (κ1) is 18.6. The van der Waals surface area contributed by atoms with Gasteiger partial charge in [0.1, 0.15) is 12.1 Å². The van der Waals surface area contributed by atoms with Gasteiger partial charge in [-0.15, -0.1) is 10.2 Å². The molecule has 3 rings (SSSR count). The Morgan fingerprint density at radius 1 is 1.26 bits per heavy atom. The summed E-state index contributed by atoms with van der Waals surface area (Å²) in [4.78, 5) is 23.6. The Balaban J connectivity index is 1.73. The van der Waals surface area contributed by atoms with Crippen LogP contribution in [-0.2, 0) is 9.59 Å². The van der Waals surface area contributed by atoms with Gasteiger partial charge >= 0.3 is 0 Å². The Labute approximate surface area is 159 Å². The number of hydrogen-bond donors (Lipinski definition) is 2. The van der Waals surface area contributed by atoms with Gasteiger partial charge in [0, 0.05) is 18.7 Å². The minimum absolute atomic E-state index is 0.154. The third kappa shape index (κ3) is 4.73. The summed E-state index contributed by atoms with van der Waals surface area (Å²) in [5, 5.41) is 17.3.